The highest BCUT2D eigenvalue weighted by Gasteiger charge is 2.38. The summed E-state index contributed by atoms with van der Waals surface area (Å²) >= 11 is 3.38. The number of nitrogens with one attached hydrogen (secondary N) is 2. The molecule has 2 aromatic carbocycles. The Morgan fingerprint density at radius 2 is 1.93 bits per heavy atom. The number of hydrogen-bond acceptors (Lipinski definition) is 4. The van der Waals surface area contributed by atoms with Crippen LogP contribution in [0.3, 0.4) is 0 Å². The van der Waals surface area contributed by atoms with E-state index in [9.17, 15) is 14.4 Å². The van der Waals surface area contributed by atoms with Gasteiger partial charge in [0.25, 0.3) is 5.91 Å². The third-order valence-corrected chi connectivity index (χ3v) is 5.03. The van der Waals surface area contributed by atoms with Gasteiger partial charge in [0.05, 0.1) is 7.11 Å². The lowest BCUT2D eigenvalue weighted by molar-refractivity contribution is -0.140. The summed E-state index contributed by atoms with van der Waals surface area (Å²) in [6.07, 6.45) is 0. The summed E-state index contributed by atoms with van der Waals surface area (Å²) in [4.78, 5) is 38.9. The average molecular weight is 446 g/mol. The minimum Gasteiger partial charge on any atom is -0.496 e. The molecule has 146 valence electrons. The van der Waals surface area contributed by atoms with Crippen LogP contribution in [0.5, 0.6) is 5.75 Å². The van der Waals surface area contributed by atoms with E-state index >= 15 is 0 Å². The predicted octanol–water partition coefficient (Wildman–Crippen LogP) is 2.30. The number of halogens is 1. The van der Waals surface area contributed by atoms with Crippen molar-refractivity contribution in [2.45, 2.75) is 19.5 Å². The van der Waals surface area contributed by atoms with Gasteiger partial charge in [0.1, 0.15) is 11.8 Å². The van der Waals surface area contributed by atoms with Crippen LogP contribution in [-0.2, 0) is 20.9 Å². The van der Waals surface area contributed by atoms with E-state index in [-0.39, 0.29) is 12.5 Å². The first-order valence-corrected chi connectivity index (χ1v) is 9.57. The summed E-state index contributed by atoms with van der Waals surface area (Å²) in [5.74, 6) is -1.32. The Kier molecular flexibility index (Phi) is 5.99. The highest BCUT2D eigenvalue weighted by atomic mass is 79.9. The van der Waals surface area contributed by atoms with Crippen molar-refractivity contribution in [3.63, 3.8) is 0 Å². The Hall–Kier alpha value is -2.87. The Bertz CT molecular complexity index is 931. The molecule has 0 saturated heterocycles. The van der Waals surface area contributed by atoms with Crippen LogP contribution >= 0.6 is 15.9 Å². The van der Waals surface area contributed by atoms with Crippen molar-refractivity contribution in [1.29, 1.82) is 0 Å². The number of nitrogens with zero attached hydrogens (tertiary/aromatic N) is 1. The zero-order valence-electron chi connectivity index (χ0n) is 15.5. The number of methoxy groups -OCH3 is 1. The predicted molar refractivity (Wildman–Crippen MR) is 108 cm³/mol. The quantitative estimate of drug-likeness (QED) is 0.691. The van der Waals surface area contributed by atoms with Gasteiger partial charge in [-0.3, -0.25) is 14.4 Å². The number of fused-ring (bicyclic) bond motifs is 1. The molecule has 0 aliphatic carbocycles. The maximum Gasteiger partial charge on any atom is 0.310 e. The topological polar surface area (TPSA) is 87.7 Å². The van der Waals surface area contributed by atoms with Gasteiger partial charge in [-0.25, -0.2) is 0 Å². The summed E-state index contributed by atoms with van der Waals surface area (Å²) in [5, 5.41) is 5.10. The molecule has 28 heavy (non-hydrogen) atoms. The number of rotatable bonds is 5. The van der Waals surface area contributed by atoms with E-state index in [0.717, 1.165) is 15.7 Å². The number of amides is 3. The van der Waals surface area contributed by atoms with Crippen molar-refractivity contribution < 1.29 is 19.1 Å². The fraction of sp³-hybridized carbons (Fsp3) is 0.250. The van der Waals surface area contributed by atoms with Crippen LogP contribution in [-0.4, -0.2) is 31.4 Å². The second-order valence-electron chi connectivity index (χ2n) is 6.19. The van der Waals surface area contributed by atoms with Crippen molar-refractivity contribution in [2.24, 2.45) is 0 Å². The summed E-state index contributed by atoms with van der Waals surface area (Å²) in [5.41, 5.74) is 2.14. The summed E-state index contributed by atoms with van der Waals surface area (Å²) in [6.45, 7) is 2.46. The van der Waals surface area contributed by atoms with Gasteiger partial charge in [-0.2, -0.15) is 0 Å². The van der Waals surface area contributed by atoms with Gasteiger partial charge in [-0.15, -0.1) is 0 Å². The van der Waals surface area contributed by atoms with E-state index < -0.39 is 17.9 Å². The zero-order chi connectivity index (χ0) is 20.3. The Balaban J connectivity index is 1.70. The van der Waals surface area contributed by atoms with Gasteiger partial charge in [-0.1, -0.05) is 34.1 Å². The van der Waals surface area contributed by atoms with Gasteiger partial charge in [0.15, 0.2) is 0 Å². The van der Waals surface area contributed by atoms with Crippen LogP contribution in [0.15, 0.2) is 46.9 Å². The normalized spacial score (nSPS) is 15.2. The Morgan fingerprint density at radius 3 is 2.64 bits per heavy atom. The molecular formula is C20H20BrN3O4. The van der Waals surface area contributed by atoms with E-state index in [1.165, 1.54) is 7.11 Å². The number of para-hydroxylation sites is 1. The first-order valence-electron chi connectivity index (χ1n) is 8.77. The Morgan fingerprint density at radius 1 is 1.18 bits per heavy atom. The molecule has 2 N–H and O–H groups in total. The van der Waals surface area contributed by atoms with Crippen LogP contribution in [0.4, 0.5) is 5.69 Å². The molecule has 2 aromatic rings. The highest BCUT2D eigenvalue weighted by Crippen LogP contribution is 2.37. The molecule has 1 aliphatic rings. The van der Waals surface area contributed by atoms with E-state index in [0.29, 0.717) is 17.9 Å². The minimum absolute atomic E-state index is 0.137. The number of benzene rings is 2. The molecule has 0 radical (unpaired) electrons. The largest absolute Gasteiger partial charge is 0.496 e. The van der Waals surface area contributed by atoms with Crippen molar-refractivity contribution in [3.8, 4) is 5.75 Å². The van der Waals surface area contributed by atoms with Gasteiger partial charge in [0, 0.05) is 34.4 Å². The zero-order valence-corrected chi connectivity index (χ0v) is 17.1. The molecule has 0 aromatic heterocycles. The number of hydrogen-bond donors (Lipinski definition) is 2. The summed E-state index contributed by atoms with van der Waals surface area (Å²) in [7, 11) is 1.54. The molecule has 0 unspecified atom stereocenters. The molecule has 0 spiro atoms. The molecule has 1 atom stereocenters. The lowest BCUT2D eigenvalue weighted by Gasteiger charge is -2.15. The lowest BCUT2D eigenvalue weighted by atomic mass is 10.1. The van der Waals surface area contributed by atoms with E-state index in [1.807, 2.05) is 31.2 Å². The molecular weight excluding hydrogens is 426 g/mol. The number of anilines is 1. The van der Waals surface area contributed by atoms with Crippen LogP contribution < -0.4 is 20.3 Å². The molecule has 3 amide bonds. The molecule has 8 heteroatoms. The van der Waals surface area contributed by atoms with Crippen LogP contribution in [0.2, 0.25) is 0 Å². The minimum atomic E-state index is -0.892. The summed E-state index contributed by atoms with van der Waals surface area (Å²) < 4.78 is 6.02. The molecule has 0 saturated carbocycles. The molecule has 1 heterocycles. The lowest BCUT2D eigenvalue weighted by Crippen LogP contribution is -2.44. The van der Waals surface area contributed by atoms with Crippen LogP contribution in [0, 0.1) is 0 Å². The third kappa shape index (κ3) is 3.87. The third-order valence-electron chi connectivity index (χ3n) is 4.53. The SMILES string of the molecule is CCN1C(=O)[C@H](NC(=O)C(=O)NCc2ccccc2OC)c2cc(Br)ccc21. The van der Waals surface area contributed by atoms with Crippen molar-refractivity contribution in [1.82, 2.24) is 10.6 Å². The molecule has 1 aliphatic heterocycles. The monoisotopic (exact) mass is 445 g/mol. The number of likely N-dealkylation sites (N-methyl/N-ethyl adjacent to an activating group) is 1. The molecule has 0 bridgehead atoms. The number of carbonyl (C=O) groups excluding carboxylic acids is 3. The Labute approximate surface area is 171 Å². The van der Waals surface area contributed by atoms with Gasteiger partial charge in [-0.05, 0) is 31.2 Å². The maximum atomic E-state index is 12.7. The van der Waals surface area contributed by atoms with Crippen molar-refractivity contribution >= 4 is 39.3 Å². The van der Waals surface area contributed by atoms with Crippen molar-refractivity contribution in [2.75, 3.05) is 18.6 Å². The molecule has 7 nitrogen and oxygen atoms in total. The fourth-order valence-electron chi connectivity index (χ4n) is 3.18. The standard InChI is InChI=1S/C20H20BrN3O4/c1-3-24-15-9-8-13(21)10-14(15)17(20(24)27)23-19(26)18(25)22-11-12-6-4-5-7-16(12)28-2/h4-10,17H,3,11H2,1-2H3,(H,22,25)(H,23,26)/t17-/m1/s1. The van der Waals surface area contributed by atoms with E-state index in [1.54, 1.807) is 23.1 Å². The second-order valence-corrected chi connectivity index (χ2v) is 7.10. The van der Waals surface area contributed by atoms with Gasteiger partial charge < -0.3 is 20.3 Å². The smallest absolute Gasteiger partial charge is 0.310 e. The second kappa shape index (κ2) is 8.43. The van der Waals surface area contributed by atoms with Crippen LogP contribution in [0.25, 0.3) is 0 Å². The van der Waals surface area contributed by atoms with E-state index in [2.05, 4.69) is 26.6 Å². The summed E-state index contributed by atoms with van der Waals surface area (Å²) in [6, 6.07) is 11.7. The number of ether oxygens (including phenoxy) is 1. The average Bonchev–Trinajstić information content (AvgIpc) is 2.96. The van der Waals surface area contributed by atoms with Gasteiger partial charge in [0.2, 0.25) is 0 Å². The maximum absolute atomic E-state index is 12.7. The first-order chi connectivity index (χ1) is 13.5. The molecule has 0 fully saturated rings. The van der Waals surface area contributed by atoms with Crippen molar-refractivity contribution in [3.05, 3.63) is 58.1 Å². The van der Waals surface area contributed by atoms with Crippen LogP contribution in [0.1, 0.15) is 24.1 Å². The first kappa shape index (κ1) is 19.9. The molecule has 3 rings (SSSR count). The van der Waals surface area contributed by atoms with E-state index in [4.69, 9.17) is 4.74 Å². The van der Waals surface area contributed by atoms with Gasteiger partial charge >= 0.3 is 11.8 Å². The number of carbonyl (C=O) groups is 3. The highest BCUT2D eigenvalue weighted by molar-refractivity contribution is 9.10. The fourth-order valence-corrected chi connectivity index (χ4v) is 3.56.